The summed E-state index contributed by atoms with van der Waals surface area (Å²) in [5.41, 5.74) is 4.36. The van der Waals surface area contributed by atoms with Gasteiger partial charge in [0.25, 0.3) is 5.91 Å². The van der Waals surface area contributed by atoms with Gasteiger partial charge in [-0.05, 0) is 43.7 Å². The first-order valence-electron chi connectivity index (χ1n) is 9.18. The van der Waals surface area contributed by atoms with Crippen LogP contribution in [-0.4, -0.2) is 35.6 Å². The van der Waals surface area contributed by atoms with E-state index >= 15 is 0 Å². The van der Waals surface area contributed by atoms with Gasteiger partial charge >= 0.3 is 0 Å². The number of hydrogen-bond donors (Lipinski definition) is 1. The van der Waals surface area contributed by atoms with Crippen molar-refractivity contribution in [3.63, 3.8) is 0 Å². The van der Waals surface area contributed by atoms with Crippen molar-refractivity contribution in [2.75, 3.05) is 16.8 Å². The van der Waals surface area contributed by atoms with Gasteiger partial charge in [-0.15, -0.1) is 0 Å². The predicted octanol–water partition coefficient (Wildman–Crippen LogP) is 2.55. The van der Waals surface area contributed by atoms with E-state index in [-0.39, 0.29) is 23.5 Å². The van der Waals surface area contributed by atoms with Crippen LogP contribution in [0.5, 0.6) is 0 Å². The van der Waals surface area contributed by atoms with E-state index in [0.29, 0.717) is 12.1 Å². The fourth-order valence-electron chi connectivity index (χ4n) is 4.02. The molecule has 1 aromatic heterocycles. The Bertz CT molecular complexity index is 962. The zero-order valence-electron chi connectivity index (χ0n) is 14.9. The molecule has 1 amide bonds. The van der Waals surface area contributed by atoms with Gasteiger partial charge < -0.3 is 5.32 Å². The molecule has 1 aliphatic carbocycles. The zero-order valence-corrected chi connectivity index (χ0v) is 15.7. The lowest BCUT2D eigenvalue weighted by Gasteiger charge is -2.15. The topological polar surface area (TPSA) is 81.1 Å². The number of aromatic nitrogens is 2. The molecule has 1 atom stereocenters. The molecular formula is C19H23N3O3S. The standard InChI is InChI=1S/C19H23N3O3S/c1-2-13-6-3-4-8-16(13)20-19(23)18-15-7-5-9-17(15)21-22(18)14-10-11-26(24,25)12-14/h3-4,6,8,14H,2,5,7,9-12H2,1H3,(H,20,23). The Morgan fingerprint density at radius 1 is 1.31 bits per heavy atom. The van der Waals surface area contributed by atoms with Crippen molar-refractivity contribution in [3.8, 4) is 0 Å². The van der Waals surface area contributed by atoms with Crippen LogP contribution >= 0.6 is 0 Å². The van der Waals surface area contributed by atoms with Crippen LogP contribution in [0.1, 0.15) is 53.1 Å². The Balaban J connectivity index is 1.70. The number of nitrogens with one attached hydrogen (secondary N) is 1. The maximum Gasteiger partial charge on any atom is 0.274 e. The Morgan fingerprint density at radius 2 is 2.12 bits per heavy atom. The van der Waals surface area contributed by atoms with Crippen molar-refractivity contribution in [2.24, 2.45) is 0 Å². The van der Waals surface area contributed by atoms with Gasteiger partial charge in [0.1, 0.15) is 5.69 Å². The summed E-state index contributed by atoms with van der Waals surface area (Å²) < 4.78 is 25.5. The molecule has 4 rings (SSSR count). The van der Waals surface area contributed by atoms with Crippen molar-refractivity contribution in [1.29, 1.82) is 0 Å². The van der Waals surface area contributed by atoms with Crippen molar-refractivity contribution < 1.29 is 13.2 Å². The quantitative estimate of drug-likeness (QED) is 0.893. The Morgan fingerprint density at radius 3 is 2.85 bits per heavy atom. The van der Waals surface area contributed by atoms with Crippen LogP contribution in [0.4, 0.5) is 5.69 Å². The number of carbonyl (C=O) groups excluding carboxylic acids is 1. The smallest absolute Gasteiger partial charge is 0.274 e. The molecule has 1 aromatic carbocycles. The molecule has 6 nitrogen and oxygen atoms in total. The molecule has 7 heteroatoms. The van der Waals surface area contributed by atoms with Crippen LogP contribution in [-0.2, 0) is 29.1 Å². The number of hydrogen-bond acceptors (Lipinski definition) is 4. The highest BCUT2D eigenvalue weighted by atomic mass is 32.2. The monoisotopic (exact) mass is 373 g/mol. The Labute approximate surface area is 153 Å². The van der Waals surface area contributed by atoms with Crippen LogP contribution in [0, 0.1) is 0 Å². The van der Waals surface area contributed by atoms with E-state index in [0.717, 1.165) is 48.2 Å². The Hall–Kier alpha value is -2.15. The molecule has 2 aromatic rings. The summed E-state index contributed by atoms with van der Waals surface area (Å²) in [5.74, 6) is 0.0484. The second-order valence-electron chi connectivity index (χ2n) is 7.09. The lowest BCUT2D eigenvalue weighted by Crippen LogP contribution is -2.23. The van der Waals surface area contributed by atoms with Gasteiger partial charge in [0, 0.05) is 11.3 Å². The number of para-hydroxylation sites is 1. The van der Waals surface area contributed by atoms with Crippen molar-refractivity contribution in [2.45, 2.75) is 45.1 Å². The van der Waals surface area contributed by atoms with E-state index in [1.807, 2.05) is 24.3 Å². The van der Waals surface area contributed by atoms with Crippen LogP contribution in [0.3, 0.4) is 0 Å². The number of rotatable bonds is 4. The molecule has 0 radical (unpaired) electrons. The van der Waals surface area contributed by atoms with Crippen LogP contribution in [0.2, 0.25) is 0 Å². The summed E-state index contributed by atoms with van der Waals surface area (Å²) in [5, 5.41) is 7.66. The highest BCUT2D eigenvalue weighted by molar-refractivity contribution is 7.91. The normalized spacial score (nSPS) is 20.9. The summed E-state index contributed by atoms with van der Waals surface area (Å²) in [6.07, 6.45) is 4.03. The van der Waals surface area contributed by atoms with Gasteiger partial charge in [-0.2, -0.15) is 5.10 Å². The van der Waals surface area contributed by atoms with Gasteiger partial charge in [-0.25, -0.2) is 8.42 Å². The third kappa shape index (κ3) is 3.05. The second-order valence-corrected chi connectivity index (χ2v) is 9.32. The summed E-state index contributed by atoms with van der Waals surface area (Å²) in [6.45, 7) is 2.05. The van der Waals surface area contributed by atoms with E-state index < -0.39 is 9.84 Å². The average molecular weight is 373 g/mol. The number of amides is 1. The third-order valence-corrected chi connectivity index (χ3v) is 7.10. The number of nitrogens with zero attached hydrogens (tertiary/aromatic N) is 2. The first-order valence-corrected chi connectivity index (χ1v) is 11.0. The maximum atomic E-state index is 13.1. The molecule has 26 heavy (non-hydrogen) atoms. The summed E-state index contributed by atoms with van der Waals surface area (Å²) in [7, 11) is -3.04. The van der Waals surface area contributed by atoms with Gasteiger partial charge in [-0.3, -0.25) is 9.48 Å². The first kappa shape index (κ1) is 17.3. The van der Waals surface area contributed by atoms with E-state index in [9.17, 15) is 13.2 Å². The number of fused-ring (bicyclic) bond motifs is 1. The molecule has 1 saturated heterocycles. The molecule has 1 fully saturated rings. The zero-order chi connectivity index (χ0) is 18.3. The number of sulfone groups is 1. The van der Waals surface area contributed by atoms with Crippen LogP contribution in [0.15, 0.2) is 24.3 Å². The molecule has 1 aliphatic heterocycles. The second kappa shape index (κ2) is 6.54. The van der Waals surface area contributed by atoms with Gasteiger partial charge in [0.15, 0.2) is 9.84 Å². The highest BCUT2D eigenvalue weighted by Crippen LogP contribution is 2.32. The molecule has 1 unspecified atom stereocenters. The molecule has 0 bridgehead atoms. The van der Waals surface area contributed by atoms with Crippen LogP contribution < -0.4 is 5.32 Å². The summed E-state index contributed by atoms with van der Waals surface area (Å²) >= 11 is 0. The number of carbonyl (C=O) groups is 1. The van der Waals surface area contributed by atoms with E-state index in [1.54, 1.807) is 4.68 Å². The molecule has 0 spiro atoms. The van der Waals surface area contributed by atoms with Gasteiger partial charge in [0.2, 0.25) is 0 Å². The largest absolute Gasteiger partial charge is 0.320 e. The third-order valence-electron chi connectivity index (χ3n) is 5.35. The van der Waals surface area contributed by atoms with Crippen LogP contribution in [0.25, 0.3) is 0 Å². The van der Waals surface area contributed by atoms with E-state index in [2.05, 4.69) is 17.3 Å². The predicted molar refractivity (Wildman–Crippen MR) is 100 cm³/mol. The Kier molecular flexibility index (Phi) is 4.34. The average Bonchev–Trinajstić information content (AvgIpc) is 3.28. The van der Waals surface area contributed by atoms with E-state index in [4.69, 9.17) is 0 Å². The number of aryl methyl sites for hydroxylation is 2. The fourth-order valence-corrected chi connectivity index (χ4v) is 5.71. The lowest BCUT2D eigenvalue weighted by molar-refractivity contribution is 0.101. The molecule has 1 N–H and O–H groups in total. The SMILES string of the molecule is CCc1ccccc1NC(=O)c1c2c(nn1C1CCS(=O)(=O)C1)CCC2. The molecule has 2 aliphatic rings. The minimum absolute atomic E-state index is 0.0688. The maximum absolute atomic E-state index is 13.1. The minimum atomic E-state index is -3.04. The van der Waals surface area contributed by atoms with Gasteiger partial charge in [0.05, 0.1) is 23.2 Å². The first-order chi connectivity index (χ1) is 12.5. The van der Waals surface area contributed by atoms with E-state index in [1.165, 1.54) is 0 Å². The summed E-state index contributed by atoms with van der Waals surface area (Å²) in [6, 6.07) is 7.52. The minimum Gasteiger partial charge on any atom is -0.320 e. The van der Waals surface area contributed by atoms with Crippen molar-refractivity contribution in [3.05, 3.63) is 46.8 Å². The van der Waals surface area contributed by atoms with Gasteiger partial charge in [-0.1, -0.05) is 25.1 Å². The van der Waals surface area contributed by atoms with Crippen molar-refractivity contribution in [1.82, 2.24) is 9.78 Å². The summed E-state index contributed by atoms with van der Waals surface area (Å²) in [4.78, 5) is 13.1. The van der Waals surface area contributed by atoms with Crippen molar-refractivity contribution >= 4 is 21.4 Å². The number of anilines is 1. The lowest BCUT2D eigenvalue weighted by atomic mass is 10.1. The fraction of sp³-hybridized carbons (Fsp3) is 0.474. The number of benzene rings is 1. The molecule has 138 valence electrons. The molecular weight excluding hydrogens is 350 g/mol. The molecule has 2 heterocycles. The molecule has 0 saturated carbocycles. The highest BCUT2D eigenvalue weighted by Gasteiger charge is 2.35.